The lowest BCUT2D eigenvalue weighted by molar-refractivity contribution is 0.583. The van der Waals surface area contributed by atoms with E-state index in [4.69, 9.17) is 5.73 Å². The number of nitrogens with two attached hydrogens (primary N) is 1. The highest BCUT2D eigenvalue weighted by Gasteiger charge is 2.41. The zero-order chi connectivity index (χ0) is 14.2. The van der Waals surface area contributed by atoms with E-state index < -0.39 is 9.84 Å². The Hall–Kier alpha value is -0.820. The summed E-state index contributed by atoms with van der Waals surface area (Å²) in [6.45, 7) is 5.11. The van der Waals surface area contributed by atoms with Gasteiger partial charge in [-0.1, -0.05) is 13.8 Å². The number of hydrogen-bond donors (Lipinski definition) is 1. The average Bonchev–Trinajstić information content (AvgIpc) is 3.10. The van der Waals surface area contributed by atoms with Gasteiger partial charge in [0.15, 0.2) is 15.7 Å². The highest BCUT2D eigenvalue weighted by molar-refractivity contribution is 7.92. The van der Waals surface area contributed by atoms with Crippen LogP contribution in [0.25, 0.3) is 0 Å². The predicted molar refractivity (Wildman–Crippen MR) is 79.5 cm³/mol. The van der Waals surface area contributed by atoms with Crippen LogP contribution in [-0.4, -0.2) is 31.6 Å². The zero-order valence-corrected chi connectivity index (χ0v) is 13.2. The van der Waals surface area contributed by atoms with Crippen molar-refractivity contribution in [1.82, 2.24) is 4.37 Å². The molecule has 1 aliphatic carbocycles. The molecule has 1 aliphatic rings. The first kappa shape index (κ1) is 14.6. The fourth-order valence-corrected chi connectivity index (χ4v) is 4.93. The molecule has 1 heterocycles. The summed E-state index contributed by atoms with van der Waals surface area (Å²) in [6, 6.07) is 0. The molecule has 0 radical (unpaired) electrons. The van der Waals surface area contributed by atoms with Gasteiger partial charge >= 0.3 is 0 Å². The number of aromatic nitrogens is 1. The minimum atomic E-state index is -3.29. The molecule has 0 aromatic carbocycles. The zero-order valence-electron chi connectivity index (χ0n) is 11.6. The second-order valence-electron chi connectivity index (χ2n) is 5.55. The molecular weight excluding hydrogens is 282 g/mol. The van der Waals surface area contributed by atoms with Crippen molar-refractivity contribution >= 4 is 32.2 Å². The number of nitrogen functional groups attached to an aromatic ring is 1. The highest BCUT2D eigenvalue weighted by Crippen LogP contribution is 2.42. The van der Waals surface area contributed by atoms with Crippen molar-refractivity contribution in [3.05, 3.63) is 0 Å². The van der Waals surface area contributed by atoms with Crippen molar-refractivity contribution in [2.24, 2.45) is 5.92 Å². The summed E-state index contributed by atoms with van der Waals surface area (Å²) in [5.74, 6) is 0.736. The van der Waals surface area contributed by atoms with E-state index in [-0.39, 0.29) is 16.0 Å². The summed E-state index contributed by atoms with van der Waals surface area (Å²) in [5.41, 5.74) is 5.78. The molecule has 1 saturated carbocycles. The van der Waals surface area contributed by atoms with E-state index in [1.807, 2.05) is 11.9 Å². The third-order valence-electron chi connectivity index (χ3n) is 3.29. The highest BCUT2D eigenvalue weighted by atomic mass is 32.2. The van der Waals surface area contributed by atoms with Gasteiger partial charge in [-0.15, -0.1) is 0 Å². The molecule has 0 unspecified atom stereocenters. The van der Waals surface area contributed by atoms with E-state index in [1.54, 1.807) is 0 Å². The second kappa shape index (κ2) is 5.28. The summed E-state index contributed by atoms with van der Waals surface area (Å²) in [4.78, 5) is 2.22. The smallest absolute Gasteiger partial charge is 0.187 e. The normalized spacial score (nSPS) is 16.0. The van der Waals surface area contributed by atoms with Gasteiger partial charge in [0.25, 0.3) is 0 Å². The fraction of sp³-hybridized carbons (Fsp3) is 0.750. The van der Waals surface area contributed by atoms with Crippen LogP contribution in [0.15, 0.2) is 4.90 Å². The van der Waals surface area contributed by atoms with Crippen LogP contribution in [0.2, 0.25) is 0 Å². The Bertz CT molecular complexity index is 547. The summed E-state index contributed by atoms with van der Waals surface area (Å²) < 4.78 is 28.8. The van der Waals surface area contributed by atoms with Gasteiger partial charge in [0.2, 0.25) is 0 Å². The lowest BCUT2D eigenvalue weighted by atomic mass is 10.1. The van der Waals surface area contributed by atoms with Crippen molar-refractivity contribution in [1.29, 1.82) is 0 Å². The summed E-state index contributed by atoms with van der Waals surface area (Å²) in [6.07, 6.45) is 2.50. The Balaban J connectivity index is 2.27. The van der Waals surface area contributed by atoms with Gasteiger partial charge in [0.05, 0.1) is 5.25 Å². The third-order valence-corrected chi connectivity index (χ3v) is 6.72. The van der Waals surface area contributed by atoms with Crippen LogP contribution in [0.3, 0.4) is 0 Å². The Labute approximate surface area is 118 Å². The van der Waals surface area contributed by atoms with Gasteiger partial charge in [-0.2, -0.15) is 4.37 Å². The van der Waals surface area contributed by atoms with Gasteiger partial charge in [-0.05, 0) is 36.7 Å². The molecule has 0 bridgehead atoms. The van der Waals surface area contributed by atoms with Crippen LogP contribution in [0.4, 0.5) is 10.8 Å². The maximum absolute atomic E-state index is 12.4. The number of sulfone groups is 1. The average molecular weight is 303 g/mol. The van der Waals surface area contributed by atoms with E-state index in [1.165, 1.54) is 11.5 Å². The van der Waals surface area contributed by atoms with Crippen LogP contribution in [-0.2, 0) is 9.84 Å². The minimum absolute atomic E-state index is 0.156. The molecule has 0 saturated heterocycles. The lowest BCUT2D eigenvalue weighted by Gasteiger charge is -2.19. The molecule has 108 valence electrons. The van der Waals surface area contributed by atoms with E-state index in [9.17, 15) is 8.42 Å². The monoisotopic (exact) mass is 303 g/mol. The standard InChI is InChI=1S/C12H21N3O2S2/c1-8(2)6-7-15(3)12-10(11(13)14-18-12)19(16,17)9-4-5-9/h8-9H,4-7H2,1-3H3,(H2,13,14). The van der Waals surface area contributed by atoms with E-state index in [0.29, 0.717) is 10.9 Å². The lowest BCUT2D eigenvalue weighted by Crippen LogP contribution is -2.22. The van der Waals surface area contributed by atoms with Crippen molar-refractivity contribution in [3.8, 4) is 0 Å². The minimum Gasteiger partial charge on any atom is -0.382 e. The summed E-state index contributed by atoms with van der Waals surface area (Å²) in [7, 11) is -1.38. The molecule has 19 heavy (non-hydrogen) atoms. The Morgan fingerprint density at radius 1 is 1.47 bits per heavy atom. The summed E-state index contributed by atoms with van der Waals surface area (Å²) in [5, 5.41) is 0.438. The number of anilines is 2. The molecule has 5 nitrogen and oxygen atoms in total. The predicted octanol–water partition coefficient (Wildman–Crippen LogP) is 2.14. The Morgan fingerprint density at radius 3 is 2.63 bits per heavy atom. The van der Waals surface area contributed by atoms with Crippen molar-refractivity contribution in [2.75, 3.05) is 24.2 Å². The van der Waals surface area contributed by atoms with E-state index in [0.717, 1.165) is 25.8 Å². The SMILES string of the molecule is CC(C)CCN(C)c1snc(N)c1S(=O)(=O)C1CC1. The molecule has 0 amide bonds. The molecule has 1 aromatic rings. The topological polar surface area (TPSA) is 76.3 Å². The van der Waals surface area contributed by atoms with Crippen LogP contribution in [0.5, 0.6) is 0 Å². The third kappa shape index (κ3) is 3.02. The van der Waals surface area contributed by atoms with Crippen molar-refractivity contribution in [2.45, 2.75) is 43.3 Å². The van der Waals surface area contributed by atoms with Gasteiger partial charge in [-0.3, -0.25) is 0 Å². The van der Waals surface area contributed by atoms with E-state index >= 15 is 0 Å². The number of nitrogens with zero attached hydrogens (tertiary/aromatic N) is 2. The van der Waals surface area contributed by atoms with Gasteiger partial charge in [0, 0.05) is 13.6 Å². The molecule has 0 aliphatic heterocycles. The molecule has 1 fully saturated rings. The van der Waals surface area contributed by atoms with Crippen molar-refractivity contribution < 1.29 is 8.42 Å². The van der Waals surface area contributed by atoms with Crippen LogP contribution < -0.4 is 10.6 Å². The van der Waals surface area contributed by atoms with Crippen LogP contribution >= 0.6 is 11.5 Å². The molecule has 0 atom stereocenters. The van der Waals surface area contributed by atoms with Crippen LogP contribution in [0, 0.1) is 5.92 Å². The first-order chi connectivity index (χ1) is 8.84. The number of hydrogen-bond acceptors (Lipinski definition) is 6. The number of rotatable bonds is 6. The molecule has 1 aromatic heterocycles. The molecule has 2 rings (SSSR count). The molecule has 0 spiro atoms. The molecule has 2 N–H and O–H groups in total. The Morgan fingerprint density at radius 2 is 2.11 bits per heavy atom. The maximum Gasteiger partial charge on any atom is 0.187 e. The summed E-state index contributed by atoms with van der Waals surface area (Å²) >= 11 is 1.18. The van der Waals surface area contributed by atoms with Crippen LogP contribution in [0.1, 0.15) is 33.1 Å². The van der Waals surface area contributed by atoms with Gasteiger partial charge < -0.3 is 10.6 Å². The first-order valence-electron chi connectivity index (χ1n) is 6.54. The molecule has 7 heteroatoms. The largest absolute Gasteiger partial charge is 0.382 e. The second-order valence-corrected chi connectivity index (χ2v) is 8.47. The van der Waals surface area contributed by atoms with Crippen molar-refractivity contribution in [3.63, 3.8) is 0 Å². The first-order valence-corrected chi connectivity index (χ1v) is 8.86. The quantitative estimate of drug-likeness (QED) is 0.871. The fourth-order valence-electron chi connectivity index (χ4n) is 1.89. The Kier molecular flexibility index (Phi) is 4.06. The maximum atomic E-state index is 12.4. The van der Waals surface area contributed by atoms with Gasteiger partial charge in [0.1, 0.15) is 9.90 Å². The van der Waals surface area contributed by atoms with E-state index in [2.05, 4.69) is 18.2 Å². The van der Waals surface area contributed by atoms with Gasteiger partial charge in [-0.25, -0.2) is 8.42 Å². The molecular formula is C12H21N3O2S2.